The number of rotatable bonds is 15. The van der Waals surface area contributed by atoms with E-state index >= 15 is 0 Å². The first-order valence-electron chi connectivity index (χ1n) is 12.8. The molecule has 3 aromatic carbocycles. The van der Waals surface area contributed by atoms with Gasteiger partial charge in [0.1, 0.15) is 23.1 Å². The van der Waals surface area contributed by atoms with Crippen molar-refractivity contribution < 1.29 is 29.6 Å². The molecule has 0 amide bonds. The molecule has 0 heterocycles. The molecular formula is C31H36O6. The van der Waals surface area contributed by atoms with E-state index in [1.54, 1.807) is 36.4 Å². The van der Waals surface area contributed by atoms with Crippen molar-refractivity contribution in [1.29, 1.82) is 0 Å². The van der Waals surface area contributed by atoms with Crippen LogP contribution in [0.25, 0.3) is 0 Å². The Balaban J connectivity index is 1.47. The van der Waals surface area contributed by atoms with Crippen LogP contribution in [0.3, 0.4) is 0 Å². The first-order chi connectivity index (χ1) is 17.8. The predicted octanol–water partition coefficient (Wildman–Crippen LogP) is 5.93. The number of phenols is 3. The van der Waals surface area contributed by atoms with E-state index < -0.39 is 0 Å². The number of aromatic hydroxyl groups is 3. The van der Waals surface area contributed by atoms with Crippen LogP contribution in [-0.2, 0) is 28.9 Å². The second kappa shape index (κ2) is 14.1. The standard InChI is InChI=1S/C31H36O6/c1-37-31-20-24(14-16-30(31)36)13-15-29(35)21-28(34)10-2-5-22(17-25-7-4-9-27(33)19-25)11-12-23-6-3-8-26(32)18-23/h3-4,6-9,14,16,18-20,22,32-33,36H,2,5,10-13,15,17,21H2,1H3. The van der Waals surface area contributed by atoms with Gasteiger partial charge in [0.25, 0.3) is 0 Å². The number of ketones is 2. The Morgan fingerprint density at radius 1 is 0.757 bits per heavy atom. The molecule has 0 aliphatic carbocycles. The fourth-order valence-electron chi connectivity index (χ4n) is 4.59. The highest BCUT2D eigenvalue weighted by Crippen LogP contribution is 2.27. The van der Waals surface area contributed by atoms with E-state index in [1.807, 2.05) is 24.3 Å². The van der Waals surface area contributed by atoms with Gasteiger partial charge in [0.2, 0.25) is 0 Å². The van der Waals surface area contributed by atoms with Crippen molar-refractivity contribution >= 4 is 11.6 Å². The Hall–Kier alpha value is -3.80. The molecule has 196 valence electrons. The van der Waals surface area contributed by atoms with Crippen LogP contribution in [0.1, 0.15) is 55.2 Å². The number of carbonyl (C=O) groups excluding carboxylic acids is 2. The molecule has 0 bridgehead atoms. The molecule has 1 unspecified atom stereocenters. The number of phenolic OH excluding ortho intramolecular Hbond substituents is 3. The number of hydrogen-bond acceptors (Lipinski definition) is 6. The zero-order chi connectivity index (χ0) is 26.6. The van der Waals surface area contributed by atoms with Crippen molar-refractivity contribution in [2.75, 3.05) is 7.11 Å². The summed E-state index contributed by atoms with van der Waals surface area (Å²) in [5, 5.41) is 29.3. The van der Waals surface area contributed by atoms with E-state index in [4.69, 9.17) is 4.74 Å². The highest BCUT2D eigenvalue weighted by molar-refractivity contribution is 5.99. The third-order valence-corrected chi connectivity index (χ3v) is 6.59. The largest absolute Gasteiger partial charge is 0.508 e. The van der Waals surface area contributed by atoms with Gasteiger partial charge in [0.05, 0.1) is 13.5 Å². The Kier molecular flexibility index (Phi) is 10.6. The lowest BCUT2D eigenvalue weighted by Gasteiger charge is -2.17. The average molecular weight is 505 g/mol. The van der Waals surface area contributed by atoms with Crippen molar-refractivity contribution in [3.05, 3.63) is 83.4 Å². The van der Waals surface area contributed by atoms with Crippen LogP contribution in [0.15, 0.2) is 66.7 Å². The van der Waals surface area contributed by atoms with Gasteiger partial charge < -0.3 is 20.1 Å². The molecule has 0 spiro atoms. The maximum absolute atomic E-state index is 12.5. The highest BCUT2D eigenvalue weighted by Gasteiger charge is 2.15. The van der Waals surface area contributed by atoms with Crippen LogP contribution in [0, 0.1) is 5.92 Å². The number of methoxy groups -OCH3 is 1. The van der Waals surface area contributed by atoms with Crippen LogP contribution in [-0.4, -0.2) is 34.0 Å². The Bertz CT molecular complexity index is 1190. The number of benzene rings is 3. The predicted molar refractivity (Wildman–Crippen MR) is 143 cm³/mol. The van der Waals surface area contributed by atoms with E-state index in [1.165, 1.54) is 13.2 Å². The van der Waals surface area contributed by atoms with E-state index in [9.17, 15) is 24.9 Å². The number of hydrogen-bond donors (Lipinski definition) is 3. The quantitative estimate of drug-likeness (QED) is 0.222. The highest BCUT2D eigenvalue weighted by atomic mass is 16.5. The third kappa shape index (κ3) is 9.64. The monoisotopic (exact) mass is 504 g/mol. The lowest BCUT2D eigenvalue weighted by molar-refractivity contribution is -0.127. The molecule has 0 aliphatic heterocycles. The van der Waals surface area contributed by atoms with Gasteiger partial charge in [-0.25, -0.2) is 0 Å². The molecule has 3 aromatic rings. The molecule has 0 saturated heterocycles. The van der Waals surface area contributed by atoms with Gasteiger partial charge in [-0.05, 0) is 97.5 Å². The van der Waals surface area contributed by atoms with Gasteiger partial charge in [-0.3, -0.25) is 9.59 Å². The van der Waals surface area contributed by atoms with Gasteiger partial charge in [0, 0.05) is 12.8 Å². The molecule has 37 heavy (non-hydrogen) atoms. The minimum atomic E-state index is -0.0859. The fraction of sp³-hybridized carbons (Fsp3) is 0.355. The lowest BCUT2D eigenvalue weighted by Crippen LogP contribution is -2.11. The van der Waals surface area contributed by atoms with Crippen molar-refractivity contribution in [1.82, 2.24) is 0 Å². The van der Waals surface area contributed by atoms with Crippen LogP contribution < -0.4 is 4.74 Å². The molecule has 3 N–H and O–H groups in total. The zero-order valence-electron chi connectivity index (χ0n) is 21.4. The molecule has 3 rings (SSSR count). The SMILES string of the molecule is COc1cc(CCC(=O)CC(=O)CCCC(CCc2cccc(O)c2)Cc2cccc(O)c2)ccc1O. The fourth-order valence-corrected chi connectivity index (χ4v) is 4.59. The maximum atomic E-state index is 12.5. The molecule has 0 fully saturated rings. The molecule has 0 saturated carbocycles. The topological polar surface area (TPSA) is 104 Å². The Morgan fingerprint density at radius 3 is 2.11 bits per heavy atom. The van der Waals surface area contributed by atoms with E-state index in [-0.39, 0.29) is 41.7 Å². The van der Waals surface area contributed by atoms with Crippen LogP contribution in [0.2, 0.25) is 0 Å². The van der Waals surface area contributed by atoms with Crippen molar-refractivity contribution in [3.8, 4) is 23.0 Å². The first-order valence-corrected chi connectivity index (χ1v) is 12.8. The summed E-state index contributed by atoms with van der Waals surface area (Å²) >= 11 is 0. The minimum absolute atomic E-state index is 0.0441. The number of ether oxygens (including phenoxy) is 1. The summed E-state index contributed by atoms with van der Waals surface area (Å²) in [6.45, 7) is 0. The lowest BCUT2D eigenvalue weighted by atomic mass is 9.88. The molecule has 0 radical (unpaired) electrons. The average Bonchev–Trinajstić information content (AvgIpc) is 2.86. The maximum Gasteiger partial charge on any atom is 0.160 e. The number of Topliss-reactive ketones (excluding diaryl/α,β-unsaturated/α-hetero) is 2. The van der Waals surface area contributed by atoms with Gasteiger partial charge in [-0.2, -0.15) is 0 Å². The summed E-state index contributed by atoms with van der Waals surface area (Å²) in [5.74, 6) is 1.08. The van der Waals surface area contributed by atoms with E-state index in [2.05, 4.69) is 0 Å². The Labute approximate surface area is 218 Å². The number of carbonyl (C=O) groups is 2. The Morgan fingerprint density at radius 2 is 1.41 bits per heavy atom. The molecule has 0 aromatic heterocycles. The summed E-state index contributed by atoms with van der Waals surface area (Å²) in [4.78, 5) is 24.8. The van der Waals surface area contributed by atoms with E-state index in [0.29, 0.717) is 30.9 Å². The summed E-state index contributed by atoms with van der Waals surface area (Å²) in [6, 6.07) is 19.5. The molecule has 1 atom stereocenters. The van der Waals surface area contributed by atoms with Crippen molar-refractivity contribution in [2.45, 2.75) is 57.8 Å². The molecule has 6 heteroatoms. The molecule has 0 aliphatic rings. The van der Waals surface area contributed by atoms with Crippen molar-refractivity contribution in [2.24, 2.45) is 5.92 Å². The van der Waals surface area contributed by atoms with Crippen LogP contribution >= 0.6 is 0 Å². The van der Waals surface area contributed by atoms with Gasteiger partial charge >= 0.3 is 0 Å². The third-order valence-electron chi connectivity index (χ3n) is 6.59. The zero-order valence-corrected chi connectivity index (χ0v) is 21.4. The minimum Gasteiger partial charge on any atom is -0.508 e. The van der Waals surface area contributed by atoms with Crippen molar-refractivity contribution in [3.63, 3.8) is 0 Å². The summed E-state index contributed by atoms with van der Waals surface area (Å²) in [6.07, 6.45) is 5.09. The van der Waals surface area contributed by atoms with Gasteiger partial charge in [0.15, 0.2) is 11.5 Å². The normalized spacial score (nSPS) is 11.7. The van der Waals surface area contributed by atoms with E-state index in [0.717, 1.165) is 42.4 Å². The second-order valence-corrected chi connectivity index (χ2v) is 9.60. The van der Waals surface area contributed by atoms with Gasteiger partial charge in [-0.1, -0.05) is 30.3 Å². The smallest absolute Gasteiger partial charge is 0.160 e. The number of aryl methyl sites for hydroxylation is 2. The molecule has 6 nitrogen and oxygen atoms in total. The summed E-state index contributed by atoms with van der Waals surface area (Å²) < 4.78 is 5.10. The summed E-state index contributed by atoms with van der Waals surface area (Å²) in [5.41, 5.74) is 2.99. The van der Waals surface area contributed by atoms with Crippen LogP contribution in [0.5, 0.6) is 23.0 Å². The first kappa shape index (κ1) is 27.8. The van der Waals surface area contributed by atoms with Crippen LogP contribution in [0.4, 0.5) is 0 Å². The van der Waals surface area contributed by atoms with Gasteiger partial charge in [-0.15, -0.1) is 0 Å². The second-order valence-electron chi connectivity index (χ2n) is 9.60. The molecular weight excluding hydrogens is 468 g/mol. The summed E-state index contributed by atoms with van der Waals surface area (Å²) in [7, 11) is 1.48.